The minimum Gasteiger partial charge on any atom is -0.303 e. The zero-order valence-corrected chi connectivity index (χ0v) is 8.69. The van der Waals surface area contributed by atoms with E-state index in [2.05, 4.69) is 4.90 Å². The van der Waals surface area contributed by atoms with Crippen LogP contribution in [0.5, 0.6) is 0 Å². The molecule has 0 bridgehead atoms. The summed E-state index contributed by atoms with van der Waals surface area (Å²) in [6, 6.07) is 0. The first-order valence-corrected chi connectivity index (χ1v) is 5.56. The highest BCUT2D eigenvalue weighted by Crippen LogP contribution is 2.16. The molecular formula is C9H17NOS. The Morgan fingerprint density at radius 2 is 2.00 bits per heavy atom. The first-order valence-electron chi connectivity index (χ1n) is 4.40. The second kappa shape index (κ2) is 4.28. The molecule has 0 aromatic heterocycles. The Hall–Kier alpha value is -0.0200. The Balaban J connectivity index is 2.33. The zero-order chi connectivity index (χ0) is 9.03. The van der Waals surface area contributed by atoms with Gasteiger partial charge < -0.3 is 9.69 Å². The van der Waals surface area contributed by atoms with Crippen LogP contribution in [0, 0.1) is 5.41 Å². The highest BCUT2D eigenvalue weighted by atomic mass is 32.2. The van der Waals surface area contributed by atoms with Gasteiger partial charge in [0.05, 0.1) is 0 Å². The molecule has 0 N–H and O–H groups in total. The predicted molar refractivity (Wildman–Crippen MR) is 53.6 cm³/mol. The molecule has 0 spiro atoms. The Morgan fingerprint density at radius 3 is 2.50 bits per heavy atom. The van der Waals surface area contributed by atoms with Gasteiger partial charge in [0.25, 0.3) is 0 Å². The zero-order valence-electron chi connectivity index (χ0n) is 7.88. The van der Waals surface area contributed by atoms with Crippen molar-refractivity contribution in [3.8, 4) is 0 Å². The summed E-state index contributed by atoms with van der Waals surface area (Å²) >= 11 is 2.00. The van der Waals surface area contributed by atoms with Gasteiger partial charge in [0, 0.05) is 36.6 Å². The van der Waals surface area contributed by atoms with Crippen molar-refractivity contribution in [2.24, 2.45) is 5.41 Å². The molecule has 0 aromatic carbocycles. The maximum Gasteiger partial charge on any atom is 0.126 e. The Bertz CT molecular complexity index is 153. The topological polar surface area (TPSA) is 20.3 Å². The summed E-state index contributed by atoms with van der Waals surface area (Å²) in [6.45, 7) is 7.20. The van der Waals surface area contributed by atoms with Crippen molar-refractivity contribution >= 4 is 18.0 Å². The summed E-state index contributed by atoms with van der Waals surface area (Å²) in [5.74, 6) is 2.43. The predicted octanol–water partition coefficient (Wildman–Crippen LogP) is 1.26. The molecule has 1 heterocycles. The van der Waals surface area contributed by atoms with Crippen LogP contribution in [-0.2, 0) is 4.79 Å². The van der Waals surface area contributed by atoms with Crippen LogP contribution in [0.1, 0.15) is 13.8 Å². The molecule has 3 heteroatoms. The molecule has 1 aliphatic rings. The lowest BCUT2D eigenvalue weighted by Crippen LogP contribution is -2.40. The number of carbonyl (C=O) groups is 1. The van der Waals surface area contributed by atoms with Gasteiger partial charge in [-0.2, -0.15) is 11.8 Å². The molecule has 1 saturated heterocycles. The lowest BCUT2D eigenvalue weighted by molar-refractivity contribution is -0.115. The van der Waals surface area contributed by atoms with Gasteiger partial charge in [0.15, 0.2) is 0 Å². The van der Waals surface area contributed by atoms with E-state index in [-0.39, 0.29) is 5.41 Å². The molecule has 0 unspecified atom stereocenters. The standard InChI is InChI=1S/C9H17NOS/c1-9(2,8-11)7-10-3-5-12-6-4-10/h8H,3-7H2,1-2H3. The van der Waals surface area contributed by atoms with E-state index in [0.717, 1.165) is 25.9 Å². The van der Waals surface area contributed by atoms with Crippen molar-refractivity contribution < 1.29 is 4.79 Å². The van der Waals surface area contributed by atoms with E-state index in [4.69, 9.17) is 0 Å². The normalized spacial score (nSPS) is 20.8. The highest BCUT2D eigenvalue weighted by molar-refractivity contribution is 7.99. The summed E-state index contributed by atoms with van der Waals surface area (Å²) in [5.41, 5.74) is -0.165. The van der Waals surface area contributed by atoms with Crippen LogP contribution in [0.2, 0.25) is 0 Å². The van der Waals surface area contributed by atoms with Gasteiger partial charge in [-0.1, -0.05) is 13.8 Å². The molecule has 1 rings (SSSR count). The number of nitrogens with zero attached hydrogens (tertiary/aromatic N) is 1. The number of hydrogen-bond acceptors (Lipinski definition) is 3. The molecule has 0 radical (unpaired) electrons. The van der Waals surface area contributed by atoms with E-state index in [0.29, 0.717) is 0 Å². The van der Waals surface area contributed by atoms with Gasteiger partial charge in [-0.25, -0.2) is 0 Å². The fraction of sp³-hybridized carbons (Fsp3) is 0.889. The summed E-state index contributed by atoms with van der Waals surface area (Å²) in [4.78, 5) is 13.0. The van der Waals surface area contributed by atoms with Crippen LogP contribution in [0.3, 0.4) is 0 Å². The van der Waals surface area contributed by atoms with Gasteiger partial charge in [0.1, 0.15) is 6.29 Å². The van der Waals surface area contributed by atoms with Crippen LogP contribution in [-0.4, -0.2) is 42.3 Å². The first-order chi connectivity index (χ1) is 5.64. The van der Waals surface area contributed by atoms with E-state index in [9.17, 15) is 4.79 Å². The van der Waals surface area contributed by atoms with Crippen molar-refractivity contribution in [1.82, 2.24) is 4.90 Å². The fourth-order valence-corrected chi connectivity index (χ4v) is 2.35. The smallest absolute Gasteiger partial charge is 0.126 e. The van der Waals surface area contributed by atoms with E-state index < -0.39 is 0 Å². The van der Waals surface area contributed by atoms with Crippen LogP contribution in [0.25, 0.3) is 0 Å². The van der Waals surface area contributed by atoms with Crippen molar-refractivity contribution in [3.63, 3.8) is 0 Å². The summed E-state index contributed by atoms with van der Waals surface area (Å²) < 4.78 is 0. The van der Waals surface area contributed by atoms with E-state index in [1.54, 1.807) is 0 Å². The van der Waals surface area contributed by atoms with E-state index in [1.165, 1.54) is 11.5 Å². The minimum absolute atomic E-state index is 0.165. The average Bonchev–Trinajstić information content (AvgIpc) is 2.06. The molecule has 0 saturated carbocycles. The number of hydrogen-bond donors (Lipinski definition) is 0. The monoisotopic (exact) mass is 187 g/mol. The summed E-state index contributed by atoms with van der Waals surface area (Å²) in [6.07, 6.45) is 1.06. The van der Waals surface area contributed by atoms with Crippen molar-refractivity contribution in [3.05, 3.63) is 0 Å². The van der Waals surface area contributed by atoms with Crippen molar-refractivity contribution in [2.75, 3.05) is 31.1 Å². The third-order valence-electron chi connectivity index (χ3n) is 2.05. The molecule has 1 aliphatic heterocycles. The Kier molecular flexibility index (Phi) is 3.59. The molecule has 70 valence electrons. The summed E-state index contributed by atoms with van der Waals surface area (Å²) in [5, 5.41) is 0. The highest BCUT2D eigenvalue weighted by Gasteiger charge is 2.21. The third kappa shape index (κ3) is 3.15. The lowest BCUT2D eigenvalue weighted by atomic mass is 9.95. The maximum absolute atomic E-state index is 10.7. The van der Waals surface area contributed by atoms with Gasteiger partial charge in [-0.05, 0) is 0 Å². The molecule has 0 aromatic rings. The van der Waals surface area contributed by atoms with Crippen molar-refractivity contribution in [1.29, 1.82) is 0 Å². The van der Waals surface area contributed by atoms with E-state index >= 15 is 0 Å². The second-order valence-corrected chi connectivity index (χ2v) is 5.22. The summed E-state index contributed by atoms with van der Waals surface area (Å²) in [7, 11) is 0. The SMILES string of the molecule is CC(C)(C=O)CN1CCSCC1. The average molecular weight is 187 g/mol. The number of aldehydes is 1. The van der Waals surface area contributed by atoms with Crippen LogP contribution >= 0.6 is 11.8 Å². The first kappa shape index (κ1) is 10.1. The number of carbonyl (C=O) groups excluding carboxylic acids is 1. The minimum atomic E-state index is -0.165. The second-order valence-electron chi connectivity index (χ2n) is 3.99. The van der Waals surface area contributed by atoms with Gasteiger partial charge in [-0.15, -0.1) is 0 Å². The van der Waals surface area contributed by atoms with Crippen molar-refractivity contribution in [2.45, 2.75) is 13.8 Å². The van der Waals surface area contributed by atoms with Crippen LogP contribution < -0.4 is 0 Å². The molecule has 1 fully saturated rings. The van der Waals surface area contributed by atoms with Gasteiger partial charge in [0.2, 0.25) is 0 Å². The Labute approximate surface area is 78.7 Å². The quantitative estimate of drug-likeness (QED) is 0.620. The van der Waals surface area contributed by atoms with Crippen LogP contribution in [0.4, 0.5) is 0 Å². The van der Waals surface area contributed by atoms with Gasteiger partial charge in [-0.3, -0.25) is 0 Å². The number of rotatable bonds is 3. The van der Waals surface area contributed by atoms with Gasteiger partial charge >= 0.3 is 0 Å². The maximum atomic E-state index is 10.7. The molecular weight excluding hydrogens is 170 g/mol. The molecule has 12 heavy (non-hydrogen) atoms. The lowest BCUT2D eigenvalue weighted by Gasteiger charge is -2.31. The molecule has 2 nitrogen and oxygen atoms in total. The van der Waals surface area contributed by atoms with Crippen LogP contribution in [0.15, 0.2) is 0 Å². The molecule has 0 atom stereocenters. The number of thioether (sulfide) groups is 1. The molecule has 0 aliphatic carbocycles. The van der Waals surface area contributed by atoms with E-state index in [1.807, 2.05) is 25.6 Å². The molecule has 0 amide bonds. The largest absolute Gasteiger partial charge is 0.303 e. The third-order valence-corrected chi connectivity index (χ3v) is 3.00. The fourth-order valence-electron chi connectivity index (χ4n) is 1.37. The Morgan fingerprint density at radius 1 is 1.42 bits per heavy atom.